The van der Waals surface area contributed by atoms with Crippen LogP contribution in [0.4, 0.5) is 10.1 Å². The zero-order valence-electron chi connectivity index (χ0n) is 10.9. The molecule has 0 heterocycles. The maximum Gasteiger partial charge on any atom is 0.272 e. The summed E-state index contributed by atoms with van der Waals surface area (Å²) >= 11 is 3.36. The summed E-state index contributed by atoms with van der Waals surface area (Å²) in [6.07, 6.45) is 0. The average Bonchev–Trinajstić information content (AvgIpc) is 2.45. The lowest BCUT2D eigenvalue weighted by atomic mass is 10.2. The van der Waals surface area contributed by atoms with Crippen molar-refractivity contribution in [1.29, 1.82) is 0 Å². The predicted molar refractivity (Wildman–Crippen MR) is 79.4 cm³/mol. The van der Waals surface area contributed by atoms with Gasteiger partial charge in [0, 0.05) is 17.1 Å². The molecule has 0 aliphatic carbocycles. The average molecular weight is 355 g/mol. The molecule has 2 N–H and O–H groups in total. The quantitative estimate of drug-likeness (QED) is 0.657. The highest BCUT2D eigenvalue weighted by molar-refractivity contribution is 9.10. The molecule has 21 heavy (non-hydrogen) atoms. The van der Waals surface area contributed by atoms with Crippen LogP contribution in [0.1, 0.15) is 11.1 Å². The van der Waals surface area contributed by atoms with Crippen molar-refractivity contribution in [2.24, 2.45) is 5.73 Å². The van der Waals surface area contributed by atoms with E-state index in [1.807, 2.05) is 0 Å². The van der Waals surface area contributed by atoms with E-state index in [1.165, 1.54) is 12.1 Å². The molecule has 0 amide bonds. The minimum atomic E-state index is -0.666. The van der Waals surface area contributed by atoms with Gasteiger partial charge in [0.05, 0.1) is 11.0 Å². The van der Waals surface area contributed by atoms with E-state index in [2.05, 4.69) is 15.9 Å². The fourth-order valence-corrected chi connectivity index (χ4v) is 2.19. The number of hydrogen-bond donors (Lipinski definition) is 1. The van der Waals surface area contributed by atoms with Crippen molar-refractivity contribution >= 4 is 21.6 Å². The molecular formula is C14H12BrFN2O3. The van der Waals surface area contributed by atoms with Gasteiger partial charge in [-0.1, -0.05) is 15.9 Å². The van der Waals surface area contributed by atoms with Gasteiger partial charge in [-0.25, -0.2) is 4.39 Å². The molecule has 2 aromatic rings. The molecule has 0 aromatic heterocycles. The van der Waals surface area contributed by atoms with Gasteiger partial charge in [-0.15, -0.1) is 0 Å². The maximum absolute atomic E-state index is 13.3. The number of hydrogen-bond acceptors (Lipinski definition) is 4. The number of benzene rings is 2. The lowest BCUT2D eigenvalue weighted by Crippen LogP contribution is -2.01. The topological polar surface area (TPSA) is 78.4 Å². The summed E-state index contributed by atoms with van der Waals surface area (Å²) in [5.41, 5.74) is 6.55. The normalized spacial score (nSPS) is 10.4. The van der Waals surface area contributed by atoms with Crippen LogP contribution in [0, 0.1) is 15.9 Å². The van der Waals surface area contributed by atoms with Gasteiger partial charge in [0.25, 0.3) is 5.69 Å². The van der Waals surface area contributed by atoms with E-state index >= 15 is 0 Å². The number of nitrogens with two attached hydrogens (primary N) is 1. The molecule has 2 aromatic carbocycles. The molecule has 0 saturated heterocycles. The minimum Gasteiger partial charge on any atom is -0.489 e. The first-order chi connectivity index (χ1) is 9.99. The van der Waals surface area contributed by atoms with Crippen molar-refractivity contribution in [3.05, 3.63) is 67.9 Å². The van der Waals surface area contributed by atoms with Crippen LogP contribution in [-0.4, -0.2) is 4.92 Å². The Kier molecular flexibility index (Phi) is 4.87. The fourth-order valence-electron chi connectivity index (χ4n) is 1.79. The van der Waals surface area contributed by atoms with Crippen molar-refractivity contribution < 1.29 is 14.1 Å². The third-order valence-electron chi connectivity index (χ3n) is 2.80. The molecule has 110 valence electrons. The summed E-state index contributed by atoms with van der Waals surface area (Å²) in [5.74, 6) is -0.105. The second-order valence-electron chi connectivity index (χ2n) is 4.32. The first-order valence-electron chi connectivity index (χ1n) is 6.04. The first-order valence-corrected chi connectivity index (χ1v) is 6.84. The van der Waals surface area contributed by atoms with Gasteiger partial charge in [0.2, 0.25) is 0 Å². The number of rotatable bonds is 5. The summed E-state index contributed by atoms with van der Waals surface area (Å²) in [5, 5.41) is 10.7. The van der Waals surface area contributed by atoms with Gasteiger partial charge in [0.1, 0.15) is 18.2 Å². The predicted octanol–water partition coefficient (Wildman–Crippen LogP) is 3.53. The van der Waals surface area contributed by atoms with E-state index in [0.717, 1.165) is 16.1 Å². The summed E-state index contributed by atoms with van der Waals surface area (Å²) in [6.45, 7) is 0.382. The van der Waals surface area contributed by atoms with Crippen molar-refractivity contribution in [2.75, 3.05) is 0 Å². The molecule has 0 unspecified atom stereocenters. The van der Waals surface area contributed by atoms with Crippen molar-refractivity contribution in [2.45, 2.75) is 13.2 Å². The Morgan fingerprint density at radius 2 is 2.05 bits per heavy atom. The van der Waals surface area contributed by atoms with Crippen LogP contribution in [0.3, 0.4) is 0 Å². The Balaban J connectivity index is 2.14. The molecule has 0 saturated carbocycles. The molecule has 0 bridgehead atoms. The third-order valence-corrected chi connectivity index (χ3v) is 3.57. The van der Waals surface area contributed by atoms with E-state index in [9.17, 15) is 14.5 Å². The molecule has 0 fully saturated rings. The van der Waals surface area contributed by atoms with Gasteiger partial charge >= 0.3 is 0 Å². The number of ether oxygens (including phenoxy) is 1. The van der Waals surface area contributed by atoms with Gasteiger partial charge in [-0.05, 0) is 35.4 Å². The summed E-state index contributed by atoms with van der Waals surface area (Å²) < 4.78 is 19.7. The third kappa shape index (κ3) is 3.99. The second kappa shape index (κ2) is 6.64. The number of nitro benzene ring substituents is 1. The van der Waals surface area contributed by atoms with Crippen molar-refractivity contribution in [1.82, 2.24) is 0 Å². The van der Waals surface area contributed by atoms with Gasteiger partial charge in [-0.3, -0.25) is 10.1 Å². The van der Waals surface area contributed by atoms with Crippen LogP contribution in [0.2, 0.25) is 0 Å². The molecular weight excluding hydrogens is 343 g/mol. The monoisotopic (exact) mass is 354 g/mol. The Morgan fingerprint density at radius 1 is 1.29 bits per heavy atom. The van der Waals surface area contributed by atoms with E-state index in [-0.39, 0.29) is 12.3 Å². The second-order valence-corrected chi connectivity index (χ2v) is 5.18. The van der Waals surface area contributed by atoms with Crippen molar-refractivity contribution in [3.8, 4) is 5.75 Å². The molecule has 0 spiro atoms. The van der Waals surface area contributed by atoms with Crippen LogP contribution in [-0.2, 0) is 13.2 Å². The van der Waals surface area contributed by atoms with E-state index in [0.29, 0.717) is 17.9 Å². The van der Waals surface area contributed by atoms with Crippen LogP contribution < -0.4 is 10.5 Å². The van der Waals surface area contributed by atoms with Gasteiger partial charge in [0.15, 0.2) is 0 Å². The molecule has 0 atom stereocenters. The number of non-ortho nitro benzene ring substituents is 1. The highest BCUT2D eigenvalue weighted by Gasteiger charge is 2.10. The lowest BCUT2D eigenvalue weighted by Gasteiger charge is -2.09. The number of nitro groups is 1. The van der Waals surface area contributed by atoms with Crippen molar-refractivity contribution in [3.63, 3.8) is 0 Å². The Bertz CT molecular complexity index is 679. The molecule has 7 heteroatoms. The van der Waals surface area contributed by atoms with E-state index < -0.39 is 10.7 Å². The minimum absolute atomic E-state index is 0.0320. The standard InChI is InChI=1S/C14H12BrFN2O3/c15-14-2-1-13(5-10(14)7-17)21-8-9-3-11(16)6-12(4-9)18(19)20/h1-6H,7-8,17H2. The molecule has 0 radical (unpaired) electrons. The zero-order chi connectivity index (χ0) is 15.4. The summed E-state index contributed by atoms with van der Waals surface area (Å²) in [4.78, 5) is 10.0. The molecule has 0 aliphatic heterocycles. The number of nitrogens with zero attached hydrogens (tertiary/aromatic N) is 1. The van der Waals surface area contributed by atoms with Crippen LogP contribution in [0.5, 0.6) is 5.75 Å². The SMILES string of the molecule is NCc1cc(OCc2cc(F)cc([N+](=O)[O-])c2)ccc1Br. The van der Waals surface area contributed by atoms with E-state index in [4.69, 9.17) is 10.5 Å². The maximum atomic E-state index is 13.3. The van der Waals surface area contributed by atoms with Crippen LogP contribution in [0.25, 0.3) is 0 Å². The Morgan fingerprint density at radius 3 is 2.71 bits per heavy atom. The largest absolute Gasteiger partial charge is 0.489 e. The highest BCUT2D eigenvalue weighted by Crippen LogP contribution is 2.23. The first kappa shape index (κ1) is 15.4. The van der Waals surface area contributed by atoms with Crippen LogP contribution >= 0.6 is 15.9 Å². The molecule has 2 rings (SSSR count). The summed E-state index contributed by atoms with van der Waals surface area (Å²) in [6, 6.07) is 8.65. The Hall–Kier alpha value is -1.99. The van der Waals surface area contributed by atoms with Gasteiger partial charge in [-0.2, -0.15) is 0 Å². The summed E-state index contributed by atoms with van der Waals surface area (Å²) in [7, 11) is 0. The lowest BCUT2D eigenvalue weighted by molar-refractivity contribution is -0.385. The highest BCUT2D eigenvalue weighted by atomic mass is 79.9. The van der Waals surface area contributed by atoms with Crippen LogP contribution in [0.15, 0.2) is 40.9 Å². The smallest absolute Gasteiger partial charge is 0.272 e. The molecule has 0 aliphatic rings. The van der Waals surface area contributed by atoms with E-state index in [1.54, 1.807) is 18.2 Å². The zero-order valence-corrected chi connectivity index (χ0v) is 12.5. The Labute approximate surface area is 128 Å². The molecule has 5 nitrogen and oxygen atoms in total. The number of halogens is 2. The fraction of sp³-hybridized carbons (Fsp3) is 0.143. The van der Waals surface area contributed by atoms with Gasteiger partial charge < -0.3 is 10.5 Å².